The average molecular weight is 445 g/mol. The van der Waals surface area contributed by atoms with E-state index in [1.807, 2.05) is 19.1 Å². The van der Waals surface area contributed by atoms with E-state index in [2.05, 4.69) is 5.32 Å². The number of rotatable bonds is 10. The molecule has 0 spiro atoms. The van der Waals surface area contributed by atoms with Crippen LogP contribution in [0.25, 0.3) is 0 Å². The SMILES string of the molecule is CC[C@@H](O)[C@@H](O)[C@H](CO[C@H]1OC(CO)[C@H](F)C(O)[C@@H]1O)NC(=O)Cc1ccc(C)cc1. The highest BCUT2D eigenvalue weighted by atomic mass is 19.1. The lowest BCUT2D eigenvalue weighted by Gasteiger charge is -2.39. The normalized spacial score (nSPS) is 29.2. The van der Waals surface area contributed by atoms with Crippen LogP contribution < -0.4 is 5.32 Å². The molecule has 8 atom stereocenters. The molecule has 0 aliphatic carbocycles. The van der Waals surface area contributed by atoms with E-state index in [0.717, 1.165) is 11.1 Å². The van der Waals surface area contributed by atoms with Gasteiger partial charge in [0, 0.05) is 0 Å². The smallest absolute Gasteiger partial charge is 0.224 e. The Hall–Kier alpha value is -1.66. The second-order valence-corrected chi connectivity index (χ2v) is 7.79. The minimum absolute atomic E-state index is 0.0309. The molecular weight excluding hydrogens is 413 g/mol. The van der Waals surface area contributed by atoms with Crippen LogP contribution in [0.4, 0.5) is 4.39 Å². The Morgan fingerprint density at radius 1 is 1.23 bits per heavy atom. The maximum Gasteiger partial charge on any atom is 0.224 e. The van der Waals surface area contributed by atoms with Crippen LogP contribution in [0.3, 0.4) is 0 Å². The van der Waals surface area contributed by atoms with Gasteiger partial charge in [-0.1, -0.05) is 36.8 Å². The molecule has 1 aliphatic rings. The Bertz CT molecular complexity index is 688. The lowest BCUT2D eigenvalue weighted by molar-refractivity contribution is -0.293. The van der Waals surface area contributed by atoms with E-state index in [1.165, 1.54) is 0 Å². The van der Waals surface area contributed by atoms with Crippen molar-refractivity contribution in [1.29, 1.82) is 0 Å². The Balaban J connectivity index is 2.03. The van der Waals surface area contributed by atoms with Gasteiger partial charge in [-0.15, -0.1) is 0 Å². The molecule has 2 rings (SSSR count). The summed E-state index contributed by atoms with van der Waals surface area (Å²) < 4.78 is 24.4. The van der Waals surface area contributed by atoms with E-state index in [-0.39, 0.29) is 12.8 Å². The number of ether oxygens (including phenoxy) is 2. The molecule has 1 amide bonds. The van der Waals surface area contributed by atoms with E-state index in [4.69, 9.17) is 9.47 Å². The summed E-state index contributed by atoms with van der Waals surface area (Å²) in [5.41, 5.74) is 1.80. The van der Waals surface area contributed by atoms with Crippen molar-refractivity contribution in [2.24, 2.45) is 0 Å². The molecule has 1 aliphatic heterocycles. The number of hydrogen-bond acceptors (Lipinski definition) is 8. The van der Waals surface area contributed by atoms with E-state index in [9.17, 15) is 34.7 Å². The van der Waals surface area contributed by atoms with E-state index in [0.29, 0.717) is 0 Å². The molecule has 0 radical (unpaired) electrons. The molecule has 31 heavy (non-hydrogen) atoms. The zero-order valence-electron chi connectivity index (χ0n) is 17.6. The molecule has 0 bridgehead atoms. The van der Waals surface area contributed by atoms with Crippen molar-refractivity contribution in [3.05, 3.63) is 35.4 Å². The third-order valence-corrected chi connectivity index (χ3v) is 5.30. The molecule has 176 valence electrons. The van der Waals surface area contributed by atoms with Crippen LogP contribution in [0.15, 0.2) is 24.3 Å². The van der Waals surface area contributed by atoms with Gasteiger partial charge in [0.1, 0.15) is 24.4 Å². The summed E-state index contributed by atoms with van der Waals surface area (Å²) >= 11 is 0. The van der Waals surface area contributed by atoms with Crippen LogP contribution in [0.2, 0.25) is 0 Å². The molecule has 9 nitrogen and oxygen atoms in total. The maximum absolute atomic E-state index is 13.9. The first kappa shape index (κ1) is 25.6. The summed E-state index contributed by atoms with van der Waals surface area (Å²) in [6.45, 7) is 2.43. The first-order valence-corrected chi connectivity index (χ1v) is 10.3. The molecule has 2 unspecified atom stereocenters. The number of hydrogen-bond donors (Lipinski definition) is 6. The largest absolute Gasteiger partial charge is 0.394 e. The van der Waals surface area contributed by atoms with Gasteiger partial charge < -0.3 is 40.3 Å². The number of aliphatic hydroxyl groups excluding tert-OH is 5. The highest BCUT2D eigenvalue weighted by molar-refractivity contribution is 5.79. The molecule has 6 N–H and O–H groups in total. The fraction of sp³-hybridized carbons (Fsp3) is 0.667. The molecule has 1 fully saturated rings. The lowest BCUT2D eigenvalue weighted by atomic mass is 10.0. The van der Waals surface area contributed by atoms with Crippen molar-refractivity contribution < 1.29 is 44.2 Å². The van der Waals surface area contributed by atoms with Gasteiger partial charge in [-0.05, 0) is 18.9 Å². The highest BCUT2D eigenvalue weighted by Crippen LogP contribution is 2.24. The Kier molecular flexibility index (Phi) is 9.76. The van der Waals surface area contributed by atoms with E-state index < -0.39 is 68.1 Å². The quantitative estimate of drug-likeness (QED) is 0.267. The fourth-order valence-electron chi connectivity index (χ4n) is 3.26. The van der Waals surface area contributed by atoms with Gasteiger partial charge in [-0.2, -0.15) is 0 Å². The van der Waals surface area contributed by atoms with Gasteiger partial charge in [0.2, 0.25) is 5.91 Å². The third kappa shape index (κ3) is 6.91. The minimum atomic E-state index is -2.00. The molecule has 1 heterocycles. The first-order valence-electron chi connectivity index (χ1n) is 10.3. The van der Waals surface area contributed by atoms with Crippen LogP contribution in [-0.2, 0) is 20.7 Å². The van der Waals surface area contributed by atoms with Crippen molar-refractivity contribution in [3.63, 3.8) is 0 Å². The number of amides is 1. The predicted molar refractivity (Wildman–Crippen MR) is 108 cm³/mol. The van der Waals surface area contributed by atoms with Crippen molar-refractivity contribution in [2.45, 2.75) is 75.7 Å². The highest BCUT2D eigenvalue weighted by Gasteiger charge is 2.45. The number of benzene rings is 1. The number of nitrogens with one attached hydrogen (secondary N) is 1. The zero-order chi connectivity index (χ0) is 23.1. The van der Waals surface area contributed by atoms with Crippen molar-refractivity contribution in [1.82, 2.24) is 5.32 Å². The van der Waals surface area contributed by atoms with Crippen LogP contribution >= 0.6 is 0 Å². The van der Waals surface area contributed by atoms with Crippen molar-refractivity contribution >= 4 is 5.91 Å². The Labute approximate surface area is 180 Å². The molecule has 0 saturated carbocycles. The molecule has 1 saturated heterocycles. The molecule has 10 heteroatoms. The van der Waals surface area contributed by atoms with Gasteiger partial charge in [-0.25, -0.2) is 4.39 Å². The maximum atomic E-state index is 13.9. The Morgan fingerprint density at radius 3 is 2.45 bits per heavy atom. The summed E-state index contributed by atoms with van der Waals surface area (Å²) in [6.07, 6.45) is -10.8. The number of alkyl halides is 1. The topological polar surface area (TPSA) is 149 Å². The fourth-order valence-corrected chi connectivity index (χ4v) is 3.26. The number of carbonyl (C=O) groups excluding carboxylic acids is 1. The summed E-state index contributed by atoms with van der Waals surface area (Å²) in [6, 6.07) is 6.25. The first-order chi connectivity index (χ1) is 14.7. The van der Waals surface area contributed by atoms with E-state index >= 15 is 0 Å². The standard InChI is InChI=1S/C21H32FNO8/c1-3-14(25)18(27)13(23-16(26)8-12-6-4-11(2)5-7-12)10-30-21-20(29)19(28)17(22)15(9-24)31-21/h4-7,13-15,17-21,24-25,27-29H,3,8-10H2,1-2H3,(H,23,26)/t13-,14+,15?,17-,18-,19?,20-,21-/m0/s1. The third-order valence-electron chi connectivity index (χ3n) is 5.30. The number of aliphatic hydroxyl groups is 5. The number of halogens is 1. The van der Waals surface area contributed by atoms with Gasteiger partial charge in [-0.3, -0.25) is 4.79 Å². The van der Waals surface area contributed by atoms with Crippen LogP contribution in [-0.4, -0.2) is 93.7 Å². The van der Waals surface area contributed by atoms with Gasteiger partial charge in [0.05, 0.1) is 31.8 Å². The van der Waals surface area contributed by atoms with Crippen molar-refractivity contribution in [2.75, 3.05) is 13.2 Å². The van der Waals surface area contributed by atoms with Crippen LogP contribution in [0, 0.1) is 6.92 Å². The van der Waals surface area contributed by atoms with Gasteiger partial charge in [0.15, 0.2) is 12.5 Å². The predicted octanol–water partition coefficient (Wildman–Crippen LogP) is -1.05. The molecule has 0 aromatic heterocycles. The lowest BCUT2D eigenvalue weighted by Crippen LogP contribution is -2.59. The molecule has 1 aromatic carbocycles. The summed E-state index contributed by atoms with van der Waals surface area (Å²) in [7, 11) is 0. The minimum Gasteiger partial charge on any atom is -0.394 e. The van der Waals surface area contributed by atoms with Crippen LogP contribution in [0.1, 0.15) is 24.5 Å². The van der Waals surface area contributed by atoms with Gasteiger partial charge >= 0.3 is 0 Å². The molecular formula is C21H32FNO8. The van der Waals surface area contributed by atoms with Crippen molar-refractivity contribution in [3.8, 4) is 0 Å². The number of carbonyl (C=O) groups is 1. The summed E-state index contributed by atoms with van der Waals surface area (Å²) in [4.78, 5) is 12.5. The summed E-state index contributed by atoms with van der Waals surface area (Å²) in [5, 5.41) is 52.0. The Morgan fingerprint density at radius 2 is 1.87 bits per heavy atom. The second kappa shape index (κ2) is 11.8. The monoisotopic (exact) mass is 445 g/mol. The number of aryl methyl sites for hydroxylation is 1. The van der Waals surface area contributed by atoms with Gasteiger partial charge in [0.25, 0.3) is 0 Å². The summed E-state index contributed by atoms with van der Waals surface area (Å²) in [5.74, 6) is -0.429. The molecule has 1 aromatic rings. The van der Waals surface area contributed by atoms with E-state index in [1.54, 1.807) is 19.1 Å². The second-order valence-electron chi connectivity index (χ2n) is 7.79. The average Bonchev–Trinajstić information content (AvgIpc) is 2.76. The van der Waals surface area contributed by atoms with Crippen LogP contribution in [0.5, 0.6) is 0 Å². The zero-order valence-corrected chi connectivity index (χ0v) is 17.6.